The zero-order chi connectivity index (χ0) is 36.7. The Morgan fingerprint density at radius 1 is 0.604 bits per heavy atom. The number of methoxy groups -OCH3 is 1. The SMILES string of the molecule is COC(=O)c1cc([C@@H](O)CN(CCc2ccc(N(CCc3ccccc3)Cc3ccccc3)cc2)Cc2ccccc2)ccc1OCc1ccccc1. The lowest BCUT2D eigenvalue weighted by Gasteiger charge is -2.27. The number of nitrogens with zero attached hydrogens (tertiary/aromatic N) is 2. The van der Waals surface area contributed by atoms with Gasteiger partial charge in [0, 0.05) is 38.4 Å². The average molecular weight is 705 g/mol. The fourth-order valence-corrected chi connectivity index (χ4v) is 6.48. The summed E-state index contributed by atoms with van der Waals surface area (Å²) in [4.78, 5) is 17.5. The van der Waals surface area contributed by atoms with Crippen LogP contribution in [-0.2, 0) is 37.3 Å². The molecule has 6 nitrogen and oxygen atoms in total. The number of carbonyl (C=O) groups is 1. The Morgan fingerprint density at radius 2 is 1.13 bits per heavy atom. The van der Waals surface area contributed by atoms with Gasteiger partial charge < -0.3 is 19.5 Å². The van der Waals surface area contributed by atoms with Crippen molar-refractivity contribution in [3.8, 4) is 5.75 Å². The number of anilines is 1. The number of esters is 1. The van der Waals surface area contributed by atoms with Gasteiger partial charge in [0.1, 0.15) is 17.9 Å². The molecule has 6 rings (SSSR count). The van der Waals surface area contributed by atoms with Crippen LogP contribution in [-0.4, -0.2) is 42.7 Å². The third-order valence-corrected chi connectivity index (χ3v) is 9.46. The van der Waals surface area contributed by atoms with Gasteiger partial charge in [0.05, 0.1) is 13.2 Å². The second-order valence-corrected chi connectivity index (χ2v) is 13.3. The molecule has 0 saturated carbocycles. The first kappa shape index (κ1) is 37.1. The number of aliphatic hydroxyl groups excluding tert-OH is 1. The molecule has 270 valence electrons. The summed E-state index contributed by atoms with van der Waals surface area (Å²) < 4.78 is 11.1. The van der Waals surface area contributed by atoms with Gasteiger partial charge in [-0.05, 0) is 70.5 Å². The Labute approximate surface area is 313 Å². The van der Waals surface area contributed by atoms with Crippen LogP contribution < -0.4 is 9.64 Å². The third kappa shape index (κ3) is 11.1. The minimum absolute atomic E-state index is 0.291. The van der Waals surface area contributed by atoms with Crippen molar-refractivity contribution in [2.75, 3.05) is 31.6 Å². The Bertz CT molecular complexity index is 1970. The van der Waals surface area contributed by atoms with E-state index in [1.807, 2.05) is 54.6 Å². The first-order valence-electron chi connectivity index (χ1n) is 18.3. The van der Waals surface area contributed by atoms with Crippen LogP contribution in [0.1, 0.15) is 49.8 Å². The Kier molecular flexibility index (Phi) is 13.5. The maximum atomic E-state index is 12.8. The van der Waals surface area contributed by atoms with Gasteiger partial charge in [-0.1, -0.05) is 140 Å². The summed E-state index contributed by atoms with van der Waals surface area (Å²) >= 11 is 0. The Hall–Kier alpha value is -5.69. The largest absolute Gasteiger partial charge is 0.488 e. The van der Waals surface area contributed by atoms with E-state index in [4.69, 9.17) is 9.47 Å². The molecule has 1 atom stereocenters. The molecule has 6 heteroatoms. The minimum Gasteiger partial charge on any atom is -0.488 e. The molecular weight excluding hydrogens is 657 g/mol. The molecular formula is C47H48N2O4. The zero-order valence-corrected chi connectivity index (χ0v) is 30.4. The molecule has 53 heavy (non-hydrogen) atoms. The standard InChI is InChI=1S/C47H48N2O4/c1-52-47(51)44-32-42(24-27-46(44)53-36-41-20-12-5-13-21-41)45(50)35-48(33-39-16-8-3-9-17-39)30-28-38-22-25-43(26-23-38)49(34-40-18-10-4-11-19-40)31-29-37-14-6-2-7-15-37/h2-27,32,45,50H,28-31,33-36H2,1H3/t45-/m0/s1. The maximum absolute atomic E-state index is 12.8. The van der Waals surface area contributed by atoms with Gasteiger partial charge >= 0.3 is 5.97 Å². The summed E-state index contributed by atoms with van der Waals surface area (Å²) in [6.45, 7) is 3.89. The van der Waals surface area contributed by atoms with Gasteiger partial charge in [-0.15, -0.1) is 0 Å². The molecule has 0 unspecified atom stereocenters. The molecule has 1 N–H and O–H groups in total. The Morgan fingerprint density at radius 3 is 1.74 bits per heavy atom. The van der Waals surface area contributed by atoms with Crippen LogP contribution >= 0.6 is 0 Å². The predicted molar refractivity (Wildman–Crippen MR) is 213 cm³/mol. The molecule has 0 fully saturated rings. The van der Waals surface area contributed by atoms with E-state index < -0.39 is 12.1 Å². The summed E-state index contributed by atoms with van der Waals surface area (Å²) in [5.41, 5.74) is 8.13. The van der Waals surface area contributed by atoms with Gasteiger partial charge in [0.2, 0.25) is 0 Å². The second kappa shape index (κ2) is 19.2. The lowest BCUT2D eigenvalue weighted by Crippen LogP contribution is -2.30. The molecule has 0 aliphatic carbocycles. The monoisotopic (exact) mass is 704 g/mol. The van der Waals surface area contributed by atoms with Crippen molar-refractivity contribution in [1.82, 2.24) is 4.90 Å². The summed E-state index contributed by atoms with van der Waals surface area (Å²) in [6, 6.07) is 55.6. The summed E-state index contributed by atoms with van der Waals surface area (Å²) in [6.07, 6.45) is 0.961. The molecule has 0 radical (unpaired) electrons. The van der Waals surface area contributed by atoms with E-state index in [0.29, 0.717) is 36.6 Å². The van der Waals surface area contributed by atoms with Gasteiger partial charge in [-0.2, -0.15) is 0 Å². The molecule has 0 amide bonds. The summed E-state index contributed by atoms with van der Waals surface area (Å²) in [5, 5.41) is 11.6. The minimum atomic E-state index is -0.830. The van der Waals surface area contributed by atoms with E-state index in [9.17, 15) is 9.90 Å². The fraction of sp³-hybridized carbons (Fsp3) is 0.213. The molecule has 0 heterocycles. The highest BCUT2D eigenvalue weighted by molar-refractivity contribution is 5.92. The fourth-order valence-electron chi connectivity index (χ4n) is 6.48. The molecule has 0 aliphatic heterocycles. The van der Waals surface area contributed by atoms with Gasteiger partial charge in [0.25, 0.3) is 0 Å². The number of aliphatic hydroxyl groups is 1. The number of benzene rings is 6. The molecule has 0 bridgehead atoms. The van der Waals surface area contributed by atoms with Crippen molar-refractivity contribution < 1.29 is 19.4 Å². The van der Waals surface area contributed by atoms with E-state index in [2.05, 4.69) is 107 Å². The van der Waals surface area contributed by atoms with Crippen LogP contribution in [0.15, 0.2) is 164 Å². The highest BCUT2D eigenvalue weighted by Crippen LogP contribution is 2.27. The first-order valence-corrected chi connectivity index (χ1v) is 18.3. The van der Waals surface area contributed by atoms with Gasteiger partial charge in [-0.3, -0.25) is 4.90 Å². The molecule has 0 aliphatic rings. The zero-order valence-electron chi connectivity index (χ0n) is 30.4. The molecule has 0 aromatic heterocycles. The molecule has 6 aromatic carbocycles. The van der Waals surface area contributed by atoms with Crippen LogP contribution in [0.25, 0.3) is 0 Å². The summed E-state index contributed by atoms with van der Waals surface area (Å²) in [5.74, 6) is -0.0854. The highest BCUT2D eigenvalue weighted by atomic mass is 16.5. The van der Waals surface area contributed by atoms with E-state index in [1.165, 1.54) is 35.1 Å². The first-order chi connectivity index (χ1) is 26.0. The third-order valence-electron chi connectivity index (χ3n) is 9.46. The van der Waals surface area contributed by atoms with E-state index in [-0.39, 0.29) is 0 Å². The van der Waals surface area contributed by atoms with Crippen LogP contribution in [0, 0.1) is 0 Å². The van der Waals surface area contributed by atoms with Crippen LogP contribution in [0.2, 0.25) is 0 Å². The maximum Gasteiger partial charge on any atom is 0.341 e. The smallest absolute Gasteiger partial charge is 0.341 e. The van der Waals surface area contributed by atoms with Crippen molar-refractivity contribution in [1.29, 1.82) is 0 Å². The van der Waals surface area contributed by atoms with Crippen LogP contribution in [0.5, 0.6) is 5.75 Å². The van der Waals surface area contributed by atoms with E-state index >= 15 is 0 Å². The van der Waals surface area contributed by atoms with Crippen molar-refractivity contribution in [3.05, 3.63) is 203 Å². The number of hydrogen-bond donors (Lipinski definition) is 1. The van der Waals surface area contributed by atoms with Crippen LogP contribution in [0.4, 0.5) is 5.69 Å². The number of carbonyl (C=O) groups excluding carboxylic acids is 1. The van der Waals surface area contributed by atoms with Crippen molar-refractivity contribution in [2.24, 2.45) is 0 Å². The normalized spacial score (nSPS) is 11.6. The van der Waals surface area contributed by atoms with Crippen molar-refractivity contribution in [2.45, 2.75) is 38.6 Å². The molecule has 0 saturated heterocycles. The quantitative estimate of drug-likeness (QED) is 0.0902. The van der Waals surface area contributed by atoms with Crippen molar-refractivity contribution >= 4 is 11.7 Å². The lowest BCUT2D eigenvalue weighted by molar-refractivity contribution is 0.0594. The number of rotatable bonds is 18. The van der Waals surface area contributed by atoms with Crippen molar-refractivity contribution in [3.63, 3.8) is 0 Å². The number of ether oxygens (including phenoxy) is 2. The highest BCUT2D eigenvalue weighted by Gasteiger charge is 2.20. The lowest BCUT2D eigenvalue weighted by atomic mass is 10.0. The summed E-state index contributed by atoms with van der Waals surface area (Å²) in [7, 11) is 1.35. The topological polar surface area (TPSA) is 62.2 Å². The predicted octanol–water partition coefficient (Wildman–Crippen LogP) is 9.08. The molecule has 0 spiro atoms. The Balaban J connectivity index is 1.14. The average Bonchev–Trinajstić information content (AvgIpc) is 3.22. The van der Waals surface area contributed by atoms with E-state index in [0.717, 1.165) is 38.0 Å². The van der Waals surface area contributed by atoms with E-state index in [1.54, 1.807) is 12.1 Å². The van der Waals surface area contributed by atoms with Gasteiger partial charge in [-0.25, -0.2) is 4.79 Å². The second-order valence-electron chi connectivity index (χ2n) is 13.3. The molecule has 6 aromatic rings. The van der Waals surface area contributed by atoms with Crippen LogP contribution in [0.3, 0.4) is 0 Å². The number of hydrogen-bond acceptors (Lipinski definition) is 6. The van der Waals surface area contributed by atoms with Gasteiger partial charge in [0.15, 0.2) is 0 Å².